The van der Waals surface area contributed by atoms with Gasteiger partial charge in [0.1, 0.15) is 22.8 Å². The molecule has 0 saturated heterocycles. The molecule has 0 fully saturated rings. The molecule has 0 heterocycles. The Labute approximate surface area is 143 Å². The molecular formula is C20H24O4. The Bertz CT molecular complexity index is 709. The van der Waals surface area contributed by atoms with Crippen molar-refractivity contribution in [3.05, 3.63) is 53.6 Å². The minimum Gasteiger partial charge on any atom is -0.507 e. The lowest BCUT2D eigenvalue weighted by Gasteiger charge is -2.21. The first-order valence-electron chi connectivity index (χ1n) is 7.99. The molecule has 0 amide bonds. The average molecular weight is 328 g/mol. The van der Waals surface area contributed by atoms with Gasteiger partial charge in [0.05, 0.1) is 11.7 Å². The summed E-state index contributed by atoms with van der Waals surface area (Å²) in [6, 6.07) is 11.6. The van der Waals surface area contributed by atoms with Gasteiger partial charge in [-0.3, -0.25) is 4.79 Å². The molecule has 4 nitrogen and oxygen atoms in total. The fourth-order valence-corrected chi connectivity index (χ4v) is 2.23. The highest BCUT2D eigenvalue weighted by Crippen LogP contribution is 2.28. The summed E-state index contributed by atoms with van der Waals surface area (Å²) in [4.78, 5) is 12.6. The van der Waals surface area contributed by atoms with Gasteiger partial charge in [0, 0.05) is 11.6 Å². The zero-order valence-corrected chi connectivity index (χ0v) is 14.8. The Kier molecular flexibility index (Phi) is 5.17. The Morgan fingerprint density at radius 2 is 1.58 bits per heavy atom. The van der Waals surface area contributed by atoms with Gasteiger partial charge < -0.3 is 14.6 Å². The van der Waals surface area contributed by atoms with Gasteiger partial charge in [0.25, 0.3) is 0 Å². The number of phenols is 1. The first kappa shape index (κ1) is 17.9. The first-order chi connectivity index (χ1) is 11.2. The van der Waals surface area contributed by atoms with E-state index in [0.717, 1.165) is 0 Å². The normalized spacial score (nSPS) is 11.4. The van der Waals surface area contributed by atoms with Crippen LogP contribution < -0.4 is 9.47 Å². The van der Waals surface area contributed by atoms with Gasteiger partial charge in [-0.25, -0.2) is 0 Å². The molecule has 0 spiro atoms. The number of benzene rings is 2. The van der Waals surface area contributed by atoms with Crippen LogP contribution in [0.2, 0.25) is 0 Å². The number of hydrogen-bond acceptors (Lipinski definition) is 4. The minimum absolute atomic E-state index is 0.0750. The number of ether oxygens (including phenoxy) is 2. The third-order valence-electron chi connectivity index (χ3n) is 3.13. The standard InChI is InChI=1S/C20H24O4/c1-13(2)23-15-8-6-14(7-9-15)19(22)17-11-10-16(12-18(17)21)24-20(3,4)5/h6-13,21H,1-5H3. The van der Waals surface area contributed by atoms with Gasteiger partial charge in [-0.05, 0) is 71.0 Å². The molecule has 0 atom stereocenters. The average Bonchev–Trinajstić information content (AvgIpc) is 2.45. The number of hydrogen-bond donors (Lipinski definition) is 1. The Hall–Kier alpha value is -2.49. The second-order valence-corrected chi connectivity index (χ2v) is 6.91. The summed E-state index contributed by atoms with van der Waals surface area (Å²) in [7, 11) is 0. The van der Waals surface area contributed by atoms with Gasteiger partial charge in [-0.2, -0.15) is 0 Å². The third kappa shape index (κ3) is 4.75. The van der Waals surface area contributed by atoms with E-state index in [1.807, 2.05) is 34.6 Å². The zero-order valence-electron chi connectivity index (χ0n) is 14.8. The summed E-state index contributed by atoms with van der Waals surface area (Å²) in [5, 5.41) is 10.2. The van der Waals surface area contributed by atoms with Crippen LogP contribution in [0.3, 0.4) is 0 Å². The zero-order chi connectivity index (χ0) is 17.9. The van der Waals surface area contributed by atoms with Crippen molar-refractivity contribution in [2.24, 2.45) is 0 Å². The molecule has 0 unspecified atom stereocenters. The second-order valence-electron chi connectivity index (χ2n) is 6.91. The van der Waals surface area contributed by atoms with Crippen molar-refractivity contribution in [3.8, 4) is 17.2 Å². The monoisotopic (exact) mass is 328 g/mol. The van der Waals surface area contributed by atoms with Crippen molar-refractivity contribution in [2.75, 3.05) is 0 Å². The van der Waals surface area contributed by atoms with Crippen molar-refractivity contribution in [3.63, 3.8) is 0 Å². The number of carbonyl (C=O) groups excluding carboxylic acids is 1. The van der Waals surface area contributed by atoms with E-state index < -0.39 is 0 Å². The number of aromatic hydroxyl groups is 1. The lowest BCUT2D eigenvalue weighted by Crippen LogP contribution is -2.22. The summed E-state index contributed by atoms with van der Waals surface area (Å²) in [5.74, 6) is 0.895. The van der Waals surface area contributed by atoms with E-state index in [-0.39, 0.29) is 28.8 Å². The van der Waals surface area contributed by atoms with Crippen LogP contribution in [-0.2, 0) is 0 Å². The minimum atomic E-state index is -0.371. The van der Waals surface area contributed by atoms with Crippen LogP contribution in [0, 0.1) is 0 Å². The maximum atomic E-state index is 12.6. The van der Waals surface area contributed by atoms with Gasteiger partial charge in [-0.1, -0.05) is 0 Å². The molecule has 0 saturated carbocycles. The number of ketones is 1. The van der Waals surface area contributed by atoms with Gasteiger partial charge >= 0.3 is 0 Å². The highest BCUT2D eigenvalue weighted by atomic mass is 16.5. The number of rotatable bonds is 5. The molecule has 2 aromatic rings. The molecule has 24 heavy (non-hydrogen) atoms. The van der Waals surface area contributed by atoms with Gasteiger partial charge in [0.2, 0.25) is 0 Å². The molecule has 0 aliphatic heterocycles. The predicted molar refractivity (Wildman–Crippen MR) is 94.1 cm³/mol. The number of carbonyl (C=O) groups is 1. The fourth-order valence-electron chi connectivity index (χ4n) is 2.23. The molecule has 0 aliphatic rings. The topological polar surface area (TPSA) is 55.8 Å². The van der Waals surface area contributed by atoms with E-state index in [4.69, 9.17) is 9.47 Å². The SMILES string of the molecule is CC(C)Oc1ccc(C(=O)c2ccc(OC(C)(C)C)cc2O)cc1. The van der Waals surface area contributed by atoms with Crippen molar-refractivity contribution in [2.45, 2.75) is 46.3 Å². The molecule has 2 aromatic carbocycles. The summed E-state index contributed by atoms with van der Waals surface area (Å²) in [6.45, 7) is 9.65. The van der Waals surface area contributed by atoms with Crippen LogP contribution >= 0.6 is 0 Å². The maximum absolute atomic E-state index is 12.6. The van der Waals surface area contributed by atoms with Crippen LogP contribution in [-0.4, -0.2) is 22.6 Å². The van der Waals surface area contributed by atoms with Crippen LogP contribution in [0.15, 0.2) is 42.5 Å². The smallest absolute Gasteiger partial charge is 0.196 e. The largest absolute Gasteiger partial charge is 0.507 e. The van der Waals surface area contributed by atoms with Crippen LogP contribution in [0.25, 0.3) is 0 Å². The molecule has 0 aliphatic carbocycles. The van der Waals surface area contributed by atoms with Crippen molar-refractivity contribution in [1.29, 1.82) is 0 Å². The quantitative estimate of drug-likeness (QED) is 0.816. The molecule has 4 heteroatoms. The van der Waals surface area contributed by atoms with Crippen molar-refractivity contribution in [1.82, 2.24) is 0 Å². The molecular weight excluding hydrogens is 304 g/mol. The second kappa shape index (κ2) is 6.95. The molecule has 1 N–H and O–H groups in total. The molecule has 0 bridgehead atoms. The van der Waals surface area contributed by atoms with Gasteiger partial charge in [-0.15, -0.1) is 0 Å². The van der Waals surface area contributed by atoms with Crippen molar-refractivity contribution >= 4 is 5.78 Å². The van der Waals surface area contributed by atoms with E-state index in [0.29, 0.717) is 17.1 Å². The van der Waals surface area contributed by atoms with E-state index in [1.54, 1.807) is 36.4 Å². The van der Waals surface area contributed by atoms with E-state index in [2.05, 4.69) is 0 Å². The predicted octanol–water partition coefficient (Wildman–Crippen LogP) is 4.59. The van der Waals surface area contributed by atoms with E-state index in [9.17, 15) is 9.90 Å². The lowest BCUT2D eigenvalue weighted by molar-refractivity contribution is 0.103. The number of phenolic OH excluding ortho intramolecular Hbond substituents is 1. The molecule has 0 aromatic heterocycles. The van der Waals surface area contributed by atoms with Crippen LogP contribution in [0.4, 0.5) is 0 Å². The third-order valence-corrected chi connectivity index (χ3v) is 3.13. The lowest BCUT2D eigenvalue weighted by atomic mass is 10.0. The van der Waals surface area contributed by atoms with Crippen LogP contribution in [0.5, 0.6) is 17.2 Å². The fraction of sp³-hybridized carbons (Fsp3) is 0.350. The van der Waals surface area contributed by atoms with Crippen LogP contribution in [0.1, 0.15) is 50.5 Å². The Morgan fingerprint density at radius 3 is 2.08 bits per heavy atom. The highest BCUT2D eigenvalue weighted by Gasteiger charge is 2.17. The Morgan fingerprint density at radius 1 is 1.00 bits per heavy atom. The van der Waals surface area contributed by atoms with Crippen molar-refractivity contribution < 1.29 is 19.4 Å². The Balaban J connectivity index is 2.20. The summed E-state index contributed by atoms with van der Waals surface area (Å²) >= 11 is 0. The molecule has 0 radical (unpaired) electrons. The summed E-state index contributed by atoms with van der Waals surface area (Å²) in [5.41, 5.74) is 0.365. The summed E-state index contributed by atoms with van der Waals surface area (Å²) < 4.78 is 11.3. The molecule has 128 valence electrons. The first-order valence-corrected chi connectivity index (χ1v) is 7.99. The van der Waals surface area contributed by atoms with E-state index in [1.165, 1.54) is 6.07 Å². The highest BCUT2D eigenvalue weighted by molar-refractivity contribution is 6.10. The molecule has 2 rings (SSSR count). The maximum Gasteiger partial charge on any atom is 0.196 e. The van der Waals surface area contributed by atoms with E-state index >= 15 is 0 Å². The summed E-state index contributed by atoms with van der Waals surface area (Å²) in [6.07, 6.45) is 0.0750. The van der Waals surface area contributed by atoms with Gasteiger partial charge in [0.15, 0.2) is 5.78 Å².